The van der Waals surface area contributed by atoms with Gasteiger partial charge in [0.1, 0.15) is 0 Å². The van der Waals surface area contributed by atoms with Crippen LogP contribution in [0, 0.1) is 0 Å². The Hall–Kier alpha value is -1.26. The zero-order chi connectivity index (χ0) is 14.6. The minimum Gasteiger partial charge on any atom is -0.389 e. The summed E-state index contributed by atoms with van der Waals surface area (Å²) in [6, 6.07) is 8.53. The van der Waals surface area contributed by atoms with E-state index in [1.165, 1.54) is 11.4 Å². The van der Waals surface area contributed by atoms with Crippen molar-refractivity contribution in [3.05, 3.63) is 24.3 Å². The number of para-hydroxylation sites is 2. The number of nitrogens with two attached hydrogens (primary N) is 1. The molecule has 0 spiro atoms. The first-order valence-corrected chi connectivity index (χ1v) is 7.57. The molecular formula is C16H27N3O. The van der Waals surface area contributed by atoms with Crippen molar-refractivity contribution in [1.29, 1.82) is 0 Å². The molecule has 112 valence electrons. The number of hydrogen-bond acceptors (Lipinski definition) is 4. The van der Waals surface area contributed by atoms with Gasteiger partial charge in [0.25, 0.3) is 0 Å². The largest absolute Gasteiger partial charge is 0.389 e. The van der Waals surface area contributed by atoms with Crippen LogP contribution in [0.1, 0.15) is 26.2 Å². The van der Waals surface area contributed by atoms with Crippen LogP contribution in [-0.4, -0.2) is 43.9 Å². The van der Waals surface area contributed by atoms with Crippen LogP contribution in [-0.2, 0) is 0 Å². The second-order valence-corrected chi connectivity index (χ2v) is 5.78. The standard InChI is InChI=1S/C16H27N3O/c1-3-16(20,13-17)9-6-10-19-12-11-18(2)14-7-4-5-8-15(14)19/h4-5,7-8,20H,3,6,9-13,17H2,1-2H3. The summed E-state index contributed by atoms with van der Waals surface area (Å²) in [4.78, 5) is 4.72. The van der Waals surface area contributed by atoms with E-state index in [-0.39, 0.29) is 0 Å². The van der Waals surface area contributed by atoms with Crippen molar-refractivity contribution in [1.82, 2.24) is 0 Å². The van der Waals surface area contributed by atoms with Crippen LogP contribution in [0.25, 0.3) is 0 Å². The lowest BCUT2D eigenvalue weighted by molar-refractivity contribution is 0.0349. The number of anilines is 2. The number of likely N-dealkylation sites (N-methyl/N-ethyl adjacent to an activating group) is 1. The normalized spacial score (nSPS) is 17.8. The van der Waals surface area contributed by atoms with Crippen molar-refractivity contribution in [3.8, 4) is 0 Å². The highest BCUT2D eigenvalue weighted by Crippen LogP contribution is 2.32. The lowest BCUT2D eigenvalue weighted by atomic mass is 9.94. The van der Waals surface area contributed by atoms with Gasteiger partial charge in [0.15, 0.2) is 0 Å². The highest BCUT2D eigenvalue weighted by molar-refractivity contribution is 5.72. The highest BCUT2D eigenvalue weighted by Gasteiger charge is 2.24. The highest BCUT2D eigenvalue weighted by atomic mass is 16.3. The molecule has 4 nitrogen and oxygen atoms in total. The van der Waals surface area contributed by atoms with Gasteiger partial charge in [0.2, 0.25) is 0 Å². The smallest absolute Gasteiger partial charge is 0.0767 e. The van der Waals surface area contributed by atoms with Gasteiger partial charge in [-0.25, -0.2) is 0 Å². The Morgan fingerprint density at radius 1 is 1.25 bits per heavy atom. The summed E-state index contributed by atoms with van der Waals surface area (Å²) in [5.41, 5.74) is 7.57. The molecule has 3 N–H and O–H groups in total. The topological polar surface area (TPSA) is 52.7 Å². The monoisotopic (exact) mass is 277 g/mol. The maximum absolute atomic E-state index is 10.2. The molecule has 2 rings (SSSR count). The van der Waals surface area contributed by atoms with Crippen molar-refractivity contribution in [2.24, 2.45) is 5.73 Å². The van der Waals surface area contributed by atoms with Gasteiger partial charge in [-0.15, -0.1) is 0 Å². The van der Waals surface area contributed by atoms with Crippen molar-refractivity contribution in [3.63, 3.8) is 0 Å². The molecule has 4 heteroatoms. The summed E-state index contributed by atoms with van der Waals surface area (Å²) in [7, 11) is 2.14. The van der Waals surface area contributed by atoms with Crippen molar-refractivity contribution < 1.29 is 5.11 Å². The molecule has 0 radical (unpaired) electrons. The second-order valence-electron chi connectivity index (χ2n) is 5.78. The first-order valence-electron chi connectivity index (χ1n) is 7.57. The first-order chi connectivity index (χ1) is 9.59. The van der Waals surface area contributed by atoms with Crippen LogP contribution in [0.4, 0.5) is 11.4 Å². The molecule has 0 aromatic heterocycles. The van der Waals surface area contributed by atoms with Crippen molar-refractivity contribution in [2.45, 2.75) is 31.8 Å². The number of rotatable bonds is 6. The summed E-state index contributed by atoms with van der Waals surface area (Å²) < 4.78 is 0. The van der Waals surface area contributed by atoms with Crippen molar-refractivity contribution in [2.75, 3.05) is 43.0 Å². The predicted molar refractivity (Wildman–Crippen MR) is 85.5 cm³/mol. The average Bonchev–Trinajstić information content (AvgIpc) is 2.49. The van der Waals surface area contributed by atoms with Gasteiger partial charge in [0, 0.05) is 33.2 Å². The Morgan fingerprint density at radius 2 is 1.95 bits per heavy atom. The number of nitrogens with zero attached hydrogens (tertiary/aromatic N) is 2. The van der Waals surface area contributed by atoms with Gasteiger partial charge in [-0.05, 0) is 31.4 Å². The molecule has 0 amide bonds. The van der Waals surface area contributed by atoms with Gasteiger partial charge in [0.05, 0.1) is 17.0 Å². The summed E-state index contributed by atoms with van der Waals surface area (Å²) in [5, 5.41) is 10.2. The zero-order valence-corrected chi connectivity index (χ0v) is 12.7. The lowest BCUT2D eigenvalue weighted by Gasteiger charge is -2.37. The number of benzene rings is 1. The van der Waals surface area contributed by atoms with E-state index in [0.717, 1.165) is 38.9 Å². The molecule has 1 aromatic carbocycles. The Balaban J connectivity index is 1.96. The molecule has 1 aliphatic rings. The molecule has 20 heavy (non-hydrogen) atoms. The Kier molecular flexibility index (Phi) is 4.89. The van der Waals surface area contributed by atoms with Crippen LogP contribution in [0.5, 0.6) is 0 Å². The minimum absolute atomic E-state index is 0.350. The van der Waals surface area contributed by atoms with Gasteiger partial charge < -0.3 is 20.6 Å². The fourth-order valence-corrected chi connectivity index (χ4v) is 2.82. The van der Waals surface area contributed by atoms with Crippen LogP contribution in [0.2, 0.25) is 0 Å². The molecule has 0 saturated heterocycles. The summed E-state index contributed by atoms with van der Waals surface area (Å²) in [6.07, 6.45) is 2.47. The zero-order valence-electron chi connectivity index (χ0n) is 12.7. The third-order valence-corrected chi connectivity index (χ3v) is 4.45. The fourth-order valence-electron chi connectivity index (χ4n) is 2.82. The second kappa shape index (κ2) is 6.46. The van der Waals surface area contributed by atoms with E-state index in [0.29, 0.717) is 6.54 Å². The van der Waals surface area contributed by atoms with Crippen LogP contribution in [0.3, 0.4) is 0 Å². The molecule has 1 aliphatic heterocycles. The summed E-state index contributed by atoms with van der Waals surface area (Å²) in [6.45, 7) is 5.42. The van der Waals surface area contributed by atoms with Crippen LogP contribution in [0.15, 0.2) is 24.3 Å². The Bertz CT molecular complexity index is 431. The molecule has 0 saturated carbocycles. The molecule has 0 bridgehead atoms. The van der Waals surface area contributed by atoms with Crippen molar-refractivity contribution >= 4 is 11.4 Å². The van der Waals surface area contributed by atoms with Gasteiger partial charge in [-0.3, -0.25) is 0 Å². The molecule has 1 heterocycles. The van der Waals surface area contributed by atoms with E-state index >= 15 is 0 Å². The predicted octanol–water partition coefficient (Wildman–Crippen LogP) is 1.82. The van der Waals surface area contributed by atoms with Crippen LogP contribution < -0.4 is 15.5 Å². The van der Waals surface area contributed by atoms with E-state index in [2.05, 4.69) is 41.1 Å². The Morgan fingerprint density at radius 3 is 2.60 bits per heavy atom. The number of aliphatic hydroxyl groups is 1. The molecule has 1 unspecified atom stereocenters. The molecule has 0 aliphatic carbocycles. The van der Waals surface area contributed by atoms with Crippen LogP contribution >= 0.6 is 0 Å². The van der Waals surface area contributed by atoms with E-state index in [1.807, 2.05) is 6.92 Å². The molecular weight excluding hydrogens is 250 g/mol. The van der Waals surface area contributed by atoms with E-state index < -0.39 is 5.60 Å². The van der Waals surface area contributed by atoms with E-state index in [1.54, 1.807) is 0 Å². The maximum atomic E-state index is 10.2. The summed E-state index contributed by atoms with van der Waals surface area (Å²) in [5.74, 6) is 0. The van der Waals surface area contributed by atoms with E-state index in [9.17, 15) is 5.11 Å². The maximum Gasteiger partial charge on any atom is 0.0767 e. The Labute approximate surface area is 122 Å². The third-order valence-electron chi connectivity index (χ3n) is 4.45. The number of fused-ring (bicyclic) bond motifs is 1. The van der Waals surface area contributed by atoms with Gasteiger partial charge in [-0.1, -0.05) is 19.1 Å². The van der Waals surface area contributed by atoms with E-state index in [4.69, 9.17) is 5.73 Å². The average molecular weight is 277 g/mol. The SMILES string of the molecule is CCC(O)(CN)CCCN1CCN(C)c2ccccc21. The minimum atomic E-state index is -0.688. The first kappa shape index (κ1) is 15.1. The molecule has 1 aromatic rings. The quantitative estimate of drug-likeness (QED) is 0.833. The molecule has 1 atom stereocenters. The van der Waals surface area contributed by atoms with Gasteiger partial charge >= 0.3 is 0 Å². The van der Waals surface area contributed by atoms with Gasteiger partial charge in [-0.2, -0.15) is 0 Å². The fraction of sp³-hybridized carbons (Fsp3) is 0.625. The third kappa shape index (κ3) is 3.25. The number of hydrogen-bond donors (Lipinski definition) is 2. The lowest BCUT2D eigenvalue weighted by Crippen LogP contribution is -2.41. The molecule has 0 fully saturated rings. The summed E-state index contributed by atoms with van der Waals surface area (Å²) >= 11 is 0.